The largest absolute Gasteiger partial charge is 0.332 e. The van der Waals surface area contributed by atoms with Crippen LogP contribution in [0.1, 0.15) is 42.1 Å². The minimum Gasteiger partial charge on any atom is -0.332 e. The monoisotopic (exact) mass is 378 g/mol. The quantitative estimate of drug-likeness (QED) is 0.890. The summed E-state index contributed by atoms with van der Waals surface area (Å²) >= 11 is 0. The van der Waals surface area contributed by atoms with Crippen LogP contribution in [0.5, 0.6) is 0 Å². The average Bonchev–Trinajstić information content (AvgIpc) is 3.12. The molecule has 2 fully saturated rings. The zero-order valence-corrected chi connectivity index (χ0v) is 15.8. The molecule has 2 aromatic rings. The van der Waals surface area contributed by atoms with Crippen LogP contribution >= 0.6 is 0 Å². The molecule has 4 amide bonds. The first-order chi connectivity index (χ1) is 13.5. The summed E-state index contributed by atoms with van der Waals surface area (Å²) in [6.07, 6.45) is 3.64. The predicted molar refractivity (Wildman–Crippen MR) is 104 cm³/mol. The van der Waals surface area contributed by atoms with Crippen molar-refractivity contribution in [1.29, 1.82) is 0 Å². The van der Waals surface area contributed by atoms with Gasteiger partial charge in [-0.25, -0.2) is 9.69 Å². The molecule has 2 unspecified atom stereocenters. The van der Waals surface area contributed by atoms with Gasteiger partial charge in [0.2, 0.25) is 0 Å². The van der Waals surface area contributed by atoms with Crippen LogP contribution in [0, 0.1) is 0 Å². The van der Waals surface area contributed by atoms with Crippen molar-refractivity contribution in [2.24, 2.45) is 0 Å². The van der Waals surface area contributed by atoms with Gasteiger partial charge in [-0.3, -0.25) is 14.6 Å². The molecule has 3 heterocycles. The third-order valence-corrected chi connectivity index (χ3v) is 5.37. The fraction of sp³-hybridized carbons (Fsp3) is 0.333. The van der Waals surface area contributed by atoms with Gasteiger partial charge in [-0.2, -0.15) is 0 Å². The lowest BCUT2D eigenvalue weighted by molar-refractivity contribution is -0.122. The second-order valence-electron chi connectivity index (χ2n) is 7.45. The second kappa shape index (κ2) is 7.07. The van der Waals surface area contributed by atoms with Gasteiger partial charge in [0.05, 0.1) is 17.3 Å². The lowest BCUT2D eigenvalue weighted by atomic mass is 10.0. The maximum absolute atomic E-state index is 13.2. The highest BCUT2D eigenvalue weighted by Gasteiger charge is 2.50. The number of rotatable bonds is 3. The van der Waals surface area contributed by atoms with E-state index in [9.17, 15) is 14.4 Å². The van der Waals surface area contributed by atoms with E-state index in [1.54, 1.807) is 35.4 Å². The van der Waals surface area contributed by atoms with Crippen LogP contribution < -0.4 is 10.2 Å². The molecule has 0 saturated carbocycles. The molecule has 1 aromatic heterocycles. The summed E-state index contributed by atoms with van der Waals surface area (Å²) < 4.78 is 0. The SMILES string of the molecule is CC(C)c1ccc(N2C(=O)NC3CCN(C(=O)c4cccnc4)C3C2=O)cc1. The van der Waals surface area contributed by atoms with Crippen molar-refractivity contribution in [2.45, 2.75) is 38.3 Å². The highest BCUT2D eigenvalue weighted by atomic mass is 16.2. The molecule has 0 spiro atoms. The number of benzene rings is 1. The Morgan fingerprint density at radius 2 is 1.93 bits per heavy atom. The van der Waals surface area contributed by atoms with Gasteiger partial charge < -0.3 is 10.2 Å². The molecule has 1 N–H and O–H groups in total. The van der Waals surface area contributed by atoms with E-state index < -0.39 is 12.1 Å². The number of imide groups is 1. The number of likely N-dealkylation sites (tertiary alicyclic amines) is 1. The van der Waals surface area contributed by atoms with Gasteiger partial charge in [-0.1, -0.05) is 26.0 Å². The third-order valence-electron chi connectivity index (χ3n) is 5.37. The Hall–Kier alpha value is -3.22. The number of hydrogen-bond acceptors (Lipinski definition) is 4. The number of nitrogens with zero attached hydrogens (tertiary/aromatic N) is 3. The smallest absolute Gasteiger partial charge is 0.329 e. The topological polar surface area (TPSA) is 82.6 Å². The molecule has 2 atom stereocenters. The summed E-state index contributed by atoms with van der Waals surface area (Å²) in [6.45, 7) is 4.58. The molecule has 28 heavy (non-hydrogen) atoms. The molecule has 4 rings (SSSR count). The van der Waals surface area contributed by atoms with E-state index in [1.165, 1.54) is 6.20 Å². The van der Waals surface area contributed by atoms with Crippen LogP contribution in [-0.2, 0) is 4.79 Å². The molecular formula is C21H22N4O3. The molecule has 1 aromatic carbocycles. The Bertz CT molecular complexity index is 911. The van der Waals surface area contributed by atoms with Gasteiger partial charge in [-0.15, -0.1) is 0 Å². The van der Waals surface area contributed by atoms with E-state index in [-0.39, 0.29) is 17.9 Å². The summed E-state index contributed by atoms with van der Waals surface area (Å²) in [5.74, 6) is -0.271. The zero-order chi connectivity index (χ0) is 19.8. The molecule has 0 radical (unpaired) electrons. The Morgan fingerprint density at radius 3 is 2.57 bits per heavy atom. The van der Waals surface area contributed by atoms with Crippen LogP contribution in [-0.4, -0.2) is 46.4 Å². The van der Waals surface area contributed by atoms with E-state index in [0.717, 1.165) is 10.5 Å². The summed E-state index contributed by atoms with van der Waals surface area (Å²) in [6, 6.07) is 9.22. The van der Waals surface area contributed by atoms with E-state index >= 15 is 0 Å². The van der Waals surface area contributed by atoms with Crippen molar-refractivity contribution in [3.63, 3.8) is 0 Å². The van der Waals surface area contributed by atoms with E-state index in [4.69, 9.17) is 0 Å². The van der Waals surface area contributed by atoms with Crippen molar-refractivity contribution in [3.8, 4) is 0 Å². The van der Waals surface area contributed by atoms with Crippen LogP contribution in [0.4, 0.5) is 10.5 Å². The third kappa shape index (κ3) is 3.02. The van der Waals surface area contributed by atoms with Crippen molar-refractivity contribution in [3.05, 3.63) is 59.9 Å². The Kier molecular flexibility index (Phi) is 4.58. The number of hydrogen-bond donors (Lipinski definition) is 1. The number of aromatic nitrogens is 1. The number of pyridine rings is 1. The minimum absolute atomic E-state index is 0.250. The first kappa shape index (κ1) is 18.2. The first-order valence-corrected chi connectivity index (χ1v) is 9.43. The van der Waals surface area contributed by atoms with Gasteiger partial charge in [0.25, 0.3) is 11.8 Å². The summed E-state index contributed by atoms with van der Waals surface area (Å²) in [4.78, 5) is 45.4. The minimum atomic E-state index is -0.713. The summed E-state index contributed by atoms with van der Waals surface area (Å²) in [7, 11) is 0. The predicted octanol–water partition coefficient (Wildman–Crippen LogP) is 2.54. The van der Waals surface area contributed by atoms with Crippen LogP contribution in [0.3, 0.4) is 0 Å². The van der Waals surface area contributed by atoms with E-state index in [2.05, 4.69) is 24.1 Å². The molecule has 7 heteroatoms. The highest BCUT2D eigenvalue weighted by Crippen LogP contribution is 2.29. The van der Waals surface area contributed by atoms with Crippen LogP contribution in [0.25, 0.3) is 0 Å². The van der Waals surface area contributed by atoms with Gasteiger partial charge in [0.1, 0.15) is 6.04 Å². The van der Waals surface area contributed by atoms with Crippen LogP contribution in [0.15, 0.2) is 48.8 Å². The average molecular weight is 378 g/mol. The van der Waals surface area contributed by atoms with E-state index in [0.29, 0.717) is 30.1 Å². The molecule has 0 aliphatic carbocycles. The van der Waals surface area contributed by atoms with Crippen LogP contribution in [0.2, 0.25) is 0 Å². The van der Waals surface area contributed by atoms with Gasteiger partial charge >= 0.3 is 6.03 Å². The van der Waals surface area contributed by atoms with Gasteiger partial charge in [-0.05, 0) is 42.2 Å². The summed E-state index contributed by atoms with van der Waals surface area (Å²) in [5.41, 5.74) is 2.06. The molecule has 2 aliphatic rings. The number of anilines is 1. The van der Waals surface area contributed by atoms with Crippen molar-refractivity contribution in [2.75, 3.05) is 11.4 Å². The maximum atomic E-state index is 13.2. The number of amides is 4. The normalized spacial score (nSPS) is 21.7. The fourth-order valence-electron chi connectivity index (χ4n) is 3.84. The maximum Gasteiger partial charge on any atom is 0.329 e. The Labute approximate surface area is 163 Å². The van der Waals surface area contributed by atoms with Gasteiger partial charge in [0.15, 0.2) is 0 Å². The van der Waals surface area contributed by atoms with E-state index in [1.807, 2.05) is 12.1 Å². The fourth-order valence-corrected chi connectivity index (χ4v) is 3.84. The lowest BCUT2D eigenvalue weighted by Gasteiger charge is -2.37. The standard InChI is InChI=1S/C21H22N4O3/c1-13(2)14-5-7-16(8-6-14)25-20(27)18-17(23-21(25)28)9-11-24(18)19(26)15-4-3-10-22-12-15/h3-8,10,12-13,17-18H,9,11H2,1-2H3,(H,23,28). The molecule has 7 nitrogen and oxygen atoms in total. The highest BCUT2D eigenvalue weighted by molar-refractivity contribution is 6.19. The lowest BCUT2D eigenvalue weighted by Crippen LogP contribution is -2.65. The zero-order valence-electron chi connectivity index (χ0n) is 15.8. The number of carbonyl (C=O) groups is 3. The Morgan fingerprint density at radius 1 is 1.18 bits per heavy atom. The number of urea groups is 1. The number of carbonyl (C=O) groups excluding carboxylic acids is 3. The van der Waals surface area contributed by atoms with Gasteiger partial charge in [0, 0.05) is 18.9 Å². The van der Waals surface area contributed by atoms with Crippen molar-refractivity contribution in [1.82, 2.24) is 15.2 Å². The number of nitrogens with one attached hydrogen (secondary N) is 1. The van der Waals surface area contributed by atoms with Crippen molar-refractivity contribution >= 4 is 23.5 Å². The molecule has 2 aliphatic heterocycles. The molecule has 0 bridgehead atoms. The molecule has 144 valence electrons. The Balaban J connectivity index is 1.62. The summed E-state index contributed by atoms with van der Waals surface area (Å²) in [5, 5.41) is 2.89. The first-order valence-electron chi connectivity index (χ1n) is 9.43. The molecular weight excluding hydrogens is 356 g/mol. The second-order valence-corrected chi connectivity index (χ2v) is 7.45. The van der Waals surface area contributed by atoms with Crippen molar-refractivity contribution < 1.29 is 14.4 Å². The number of fused-ring (bicyclic) bond motifs is 1. The molecule has 2 saturated heterocycles.